The number of amides is 2. The largest absolute Gasteiger partial charge is 0.450 e. The Morgan fingerprint density at radius 2 is 2.04 bits per heavy atom. The Hall–Kier alpha value is -1.79. The highest BCUT2D eigenvalue weighted by atomic mass is 35.5. The summed E-state index contributed by atoms with van der Waals surface area (Å²) < 4.78 is 4.99. The van der Waals surface area contributed by atoms with E-state index in [0.717, 1.165) is 29.2 Å². The molecular weight excluding hydrogens is 318 g/mol. The number of halogens is 1. The smallest absolute Gasteiger partial charge is 0.410 e. The number of rotatable bonds is 4. The molecule has 1 aliphatic rings. The van der Waals surface area contributed by atoms with Gasteiger partial charge in [0.15, 0.2) is 6.54 Å². The fraction of sp³-hybridized carbons (Fsp3) is 0.500. The lowest BCUT2D eigenvalue weighted by atomic mass is 10.2. The maximum absolute atomic E-state index is 12.2. The minimum atomic E-state index is -0.273. The molecule has 2 N–H and O–H groups in total. The van der Waals surface area contributed by atoms with Gasteiger partial charge < -0.3 is 15.0 Å². The average molecular weight is 341 g/mol. The molecule has 0 atom stereocenters. The molecule has 1 aromatic carbocycles. The van der Waals surface area contributed by atoms with Gasteiger partial charge in [-0.1, -0.05) is 17.7 Å². The summed E-state index contributed by atoms with van der Waals surface area (Å²) in [5, 5.41) is 3.54. The summed E-state index contributed by atoms with van der Waals surface area (Å²) in [5.41, 5.74) is 1.61. The molecule has 126 valence electrons. The predicted octanol–water partition coefficient (Wildman–Crippen LogP) is 0.944. The summed E-state index contributed by atoms with van der Waals surface area (Å²) in [7, 11) is 0. The van der Waals surface area contributed by atoms with Gasteiger partial charge in [0.25, 0.3) is 5.91 Å². The first-order chi connectivity index (χ1) is 11.0. The van der Waals surface area contributed by atoms with Crippen molar-refractivity contribution in [3.63, 3.8) is 0 Å². The third kappa shape index (κ3) is 4.84. The maximum Gasteiger partial charge on any atom is 0.410 e. The first kappa shape index (κ1) is 17.6. The molecule has 23 heavy (non-hydrogen) atoms. The van der Waals surface area contributed by atoms with Crippen LogP contribution < -0.4 is 10.2 Å². The number of piperazine rings is 1. The lowest BCUT2D eigenvalue weighted by Crippen LogP contribution is -3.15. The Kier molecular flexibility index (Phi) is 6.24. The van der Waals surface area contributed by atoms with E-state index in [1.54, 1.807) is 17.9 Å². The monoisotopic (exact) mass is 340 g/mol. The normalized spacial score (nSPS) is 15.3. The molecule has 0 unspecified atom stereocenters. The van der Waals surface area contributed by atoms with Crippen LogP contribution in [0.5, 0.6) is 0 Å². The molecule has 1 saturated heterocycles. The fourth-order valence-corrected chi connectivity index (χ4v) is 2.74. The van der Waals surface area contributed by atoms with Crippen molar-refractivity contribution in [2.24, 2.45) is 0 Å². The molecule has 1 aromatic rings. The average Bonchev–Trinajstić information content (AvgIpc) is 2.53. The number of nitrogens with zero attached hydrogens (tertiary/aromatic N) is 1. The van der Waals surface area contributed by atoms with E-state index < -0.39 is 0 Å². The van der Waals surface area contributed by atoms with Crippen molar-refractivity contribution >= 4 is 29.3 Å². The van der Waals surface area contributed by atoms with Crippen LogP contribution in [0.3, 0.4) is 0 Å². The summed E-state index contributed by atoms with van der Waals surface area (Å²) in [6.07, 6.45) is -0.273. The fourth-order valence-electron chi connectivity index (χ4n) is 2.56. The number of hydrogen-bond acceptors (Lipinski definition) is 3. The number of benzene rings is 1. The summed E-state index contributed by atoms with van der Waals surface area (Å²) in [6.45, 7) is 7.12. The van der Waals surface area contributed by atoms with E-state index >= 15 is 0 Å². The quantitative estimate of drug-likeness (QED) is 0.857. The van der Waals surface area contributed by atoms with Gasteiger partial charge in [-0.05, 0) is 31.5 Å². The molecule has 2 amide bonds. The zero-order valence-corrected chi connectivity index (χ0v) is 14.3. The van der Waals surface area contributed by atoms with Gasteiger partial charge >= 0.3 is 6.09 Å². The van der Waals surface area contributed by atoms with Crippen molar-refractivity contribution < 1.29 is 19.2 Å². The number of carbonyl (C=O) groups is 2. The minimum Gasteiger partial charge on any atom is -0.450 e. The molecule has 0 spiro atoms. The molecule has 7 heteroatoms. The molecular formula is C16H23ClN3O3+. The molecule has 0 radical (unpaired) electrons. The molecule has 6 nitrogen and oxygen atoms in total. The van der Waals surface area contributed by atoms with E-state index in [9.17, 15) is 9.59 Å². The van der Waals surface area contributed by atoms with Gasteiger partial charge in [-0.3, -0.25) is 9.69 Å². The first-order valence-electron chi connectivity index (χ1n) is 7.81. The number of hydrogen-bond donors (Lipinski definition) is 2. The highest BCUT2D eigenvalue weighted by Gasteiger charge is 2.26. The molecule has 1 fully saturated rings. The second kappa shape index (κ2) is 8.17. The van der Waals surface area contributed by atoms with E-state index in [-0.39, 0.29) is 12.0 Å². The Bertz CT molecular complexity index is 572. The highest BCUT2D eigenvalue weighted by molar-refractivity contribution is 6.31. The third-order valence-corrected chi connectivity index (χ3v) is 4.36. The van der Waals surface area contributed by atoms with Gasteiger partial charge in [-0.25, -0.2) is 4.79 Å². The first-order valence-corrected chi connectivity index (χ1v) is 8.19. The Labute approximate surface area is 141 Å². The van der Waals surface area contributed by atoms with Crippen LogP contribution in [-0.4, -0.2) is 56.2 Å². The zero-order valence-electron chi connectivity index (χ0n) is 13.5. The SMILES string of the molecule is CCOC(=O)N1CC[NH+](CC(=O)Nc2cccc(Cl)c2C)CC1. The number of carbonyl (C=O) groups excluding carboxylic acids is 2. The van der Waals surface area contributed by atoms with Gasteiger partial charge in [-0.2, -0.15) is 0 Å². The summed E-state index contributed by atoms with van der Waals surface area (Å²) >= 11 is 6.05. The van der Waals surface area contributed by atoms with Crippen LogP contribution in [0.4, 0.5) is 10.5 Å². The molecule has 0 bridgehead atoms. The van der Waals surface area contributed by atoms with Gasteiger partial charge in [0.1, 0.15) is 0 Å². The number of nitrogens with one attached hydrogen (secondary N) is 2. The van der Waals surface area contributed by atoms with Crippen LogP contribution in [0.2, 0.25) is 5.02 Å². The molecule has 1 aliphatic heterocycles. The maximum atomic E-state index is 12.2. The second-order valence-electron chi connectivity index (χ2n) is 5.57. The number of quaternary nitrogens is 1. The molecule has 0 aromatic heterocycles. The molecule has 0 aliphatic carbocycles. The Morgan fingerprint density at radius 3 is 2.70 bits per heavy atom. The summed E-state index contributed by atoms with van der Waals surface area (Å²) in [5.74, 6) is -0.0463. The van der Waals surface area contributed by atoms with E-state index in [1.807, 2.05) is 19.1 Å². The topological polar surface area (TPSA) is 63.1 Å². The standard InChI is InChI=1S/C16H22ClN3O3/c1-3-23-16(22)20-9-7-19(8-10-20)11-15(21)18-14-6-4-5-13(17)12(14)2/h4-6H,3,7-11H2,1-2H3,(H,18,21)/p+1. The van der Waals surface area contributed by atoms with Crippen LogP contribution in [-0.2, 0) is 9.53 Å². The second-order valence-corrected chi connectivity index (χ2v) is 5.98. The van der Waals surface area contributed by atoms with Crippen molar-refractivity contribution in [2.75, 3.05) is 44.6 Å². The lowest BCUT2D eigenvalue weighted by Gasteiger charge is -2.31. The lowest BCUT2D eigenvalue weighted by molar-refractivity contribution is -0.895. The van der Waals surface area contributed by atoms with Crippen LogP contribution >= 0.6 is 11.6 Å². The van der Waals surface area contributed by atoms with Crippen LogP contribution in [0.25, 0.3) is 0 Å². The Morgan fingerprint density at radius 1 is 1.35 bits per heavy atom. The van der Waals surface area contributed by atoms with Crippen molar-refractivity contribution in [2.45, 2.75) is 13.8 Å². The third-order valence-electron chi connectivity index (χ3n) is 3.95. The summed E-state index contributed by atoms with van der Waals surface area (Å²) in [4.78, 5) is 26.7. The predicted molar refractivity (Wildman–Crippen MR) is 89.0 cm³/mol. The Balaban J connectivity index is 1.81. The van der Waals surface area contributed by atoms with Gasteiger partial charge in [0, 0.05) is 10.7 Å². The van der Waals surface area contributed by atoms with Crippen LogP contribution in [0.1, 0.15) is 12.5 Å². The van der Waals surface area contributed by atoms with Gasteiger partial charge in [0.05, 0.1) is 32.8 Å². The van der Waals surface area contributed by atoms with Crippen molar-refractivity contribution in [1.82, 2.24) is 4.90 Å². The van der Waals surface area contributed by atoms with Crippen molar-refractivity contribution in [3.8, 4) is 0 Å². The molecule has 2 rings (SSSR count). The van der Waals surface area contributed by atoms with E-state index in [1.165, 1.54) is 0 Å². The van der Waals surface area contributed by atoms with Crippen LogP contribution in [0, 0.1) is 6.92 Å². The molecule has 0 saturated carbocycles. The van der Waals surface area contributed by atoms with Crippen molar-refractivity contribution in [1.29, 1.82) is 0 Å². The molecule has 1 heterocycles. The van der Waals surface area contributed by atoms with Crippen LogP contribution in [0.15, 0.2) is 18.2 Å². The highest BCUT2D eigenvalue weighted by Crippen LogP contribution is 2.22. The zero-order chi connectivity index (χ0) is 16.8. The minimum absolute atomic E-state index is 0.0463. The van der Waals surface area contributed by atoms with E-state index in [2.05, 4.69) is 5.32 Å². The number of ether oxygens (including phenoxy) is 1. The van der Waals surface area contributed by atoms with Gasteiger partial charge in [-0.15, -0.1) is 0 Å². The summed E-state index contributed by atoms with van der Waals surface area (Å²) in [6, 6.07) is 5.45. The van der Waals surface area contributed by atoms with Crippen molar-refractivity contribution in [3.05, 3.63) is 28.8 Å². The van der Waals surface area contributed by atoms with E-state index in [0.29, 0.717) is 31.3 Å². The number of anilines is 1. The van der Waals surface area contributed by atoms with Gasteiger partial charge in [0.2, 0.25) is 0 Å². The van der Waals surface area contributed by atoms with E-state index in [4.69, 9.17) is 16.3 Å².